The monoisotopic (exact) mass is 142 g/mol. The van der Waals surface area contributed by atoms with Crippen molar-refractivity contribution in [1.29, 1.82) is 0 Å². The number of rotatable bonds is 0. The van der Waals surface area contributed by atoms with Gasteiger partial charge in [-0.1, -0.05) is 27.7 Å². The van der Waals surface area contributed by atoms with Crippen LogP contribution in [0.5, 0.6) is 0 Å². The van der Waals surface area contributed by atoms with E-state index < -0.39 is 0 Å². The Kier molecular flexibility index (Phi) is 1.59. The van der Waals surface area contributed by atoms with Gasteiger partial charge in [0.05, 0.1) is 5.60 Å². The third kappa shape index (κ3) is 1.07. The summed E-state index contributed by atoms with van der Waals surface area (Å²) in [6.07, 6.45) is 1.97. The average Bonchev–Trinajstić information content (AvgIpc) is 1.58. The van der Waals surface area contributed by atoms with Crippen molar-refractivity contribution in [2.24, 2.45) is 11.3 Å². The Morgan fingerprint density at radius 1 is 1.30 bits per heavy atom. The highest BCUT2D eigenvalue weighted by atomic mass is 16.3. The van der Waals surface area contributed by atoms with E-state index in [4.69, 9.17) is 0 Å². The van der Waals surface area contributed by atoms with Crippen LogP contribution >= 0.6 is 0 Å². The van der Waals surface area contributed by atoms with Crippen molar-refractivity contribution in [1.82, 2.24) is 0 Å². The molecule has 0 heterocycles. The highest BCUT2D eigenvalue weighted by Gasteiger charge is 2.48. The molecular weight excluding hydrogens is 124 g/mol. The predicted octanol–water partition coefficient (Wildman–Crippen LogP) is 2.19. The Morgan fingerprint density at radius 3 is 1.80 bits per heavy atom. The molecule has 60 valence electrons. The molecule has 1 aliphatic carbocycles. The van der Waals surface area contributed by atoms with Crippen LogP contribution in [0.3, 0.4) is 0 Å². The van der Waals surface area contributed by atoms with Gasteiger partial charge in [-0.2, -0.15) is 0 Å². The van der Waals surface area contributed by atoms with E-state index >= 15 is 0 Å². The third-order valence-electron chi connectivity index (χ3n) is 2.77. The minimum Gasteiger partial charge on any atom is -0.389 e. The molecule has 10 heavy (non-hydrogen) atoms. The molecule has 0 radical (unpaired) electrons. The Hall–Kier alpha value is -0.0400. The fourth-order valence-corrected chi connectivity index (χ4v) is 1.71. The molecule has 0 aromatic carbocycles. The molecule has 1 N–H and O–H groups in total. The first-order chi connectivity index (χ1) is 4.35. The van der Waals surface area contributed by atoms with Crippen molar-refractivity contribution in [3.05, 3.63) is 0 Å². The number of hydrogen-bond acceptors (Lipinski definition) is 1. The van der Waals surface area contributed by atoms with Crippen LogP contribution in [-0.4, -0.2) is 10.7 Å². The maximum absolute atomic E-state index is 9.92. The molecule has 1 nitrogen and oxygen atoms in total. The van der Waals surface area contributed by atoms with Crippen LogP contribution in [0.2, 0.25) is 0 Å². The van der Waals surface area contributed by atoms with Gasteiger partial charge in [-0.25, -0.2) is 0 Å². The fraction of sp³-hybridized carbons (Fsp3) is 1.00. The lowest BCUT2D eigenvalue weighted by molar-refractivity contribution is -0.143. The Morgan fingerprint density at radius 2 is 1.70 bits per heavy atom. The van der Waals surface area contributed by atoms with Gasteiger partial charge in [0, 0.05) is 0 Å². The lowest BCUT2D eigenvalue weighted by atomic mass is 9.60. The van der Waals surface area contributed by atoms with Gasteiger partial charge in [0.25, 0.3) is 0 Å². The Labute approximate surface area is 63.4 Å². The lowest BCUT2D eigenvalue weighted by Gasteiger charge is -2.51. The van der Waals surface area contributed by atoms with E-state index in [9.17, 15) is 5.11 Å². The van der Waals surface area contributed by atoms with E-state index in [0.29, 0.717) is 0 Å². The number of aliphatic hydroxyl groups is 1. The fourth-order valence-electron chi connectivity index (χ4n) is 1.71. The molecule has 0 aromatic rings. The van der Waals surface area contributed by atoms with E-state index in [1.165, 1.54) is 0 Å². The van der Waals surface area contributed by atoms with E-state index in [1.54, 1.807) is 0 Å². The van der Waals surface area contributed by atoms with Crippen LogP contribution in [0.4, 0.5) is 0 Å². The Balaban J connectivity index is 2.57. The molecule has 0 unspecified atom stereocenters. The summed E-state index contributed by atoms with van der Waals surface area (Å²) in [5, 5.41) is 9.92. The third-order valence-corrected chi connectivity index (χ3v) is 2.77. The molecule has 0 atom stereocenters. The maximum atomic E-state index is 9.92. The van der Waals surface area contributed by atoms with E-state index in [1.807, 2.05) is 0 Å². The van der Waals surface area contributed by atoms with Crippen molar-refractivity contribution in [2.45, 2.75) is 46.1 Å². The van der Waals surface area contributed by atoms with Gasteiger partial charge in [-0.05, 0) is 24.2 Å². The van der Waals surface area contributed by atoms with Gasteiger partial charge in [0.2, 0.25) is 0 Å². The van der Waals surface area contributed by atoms with E-state index in [2.05, 4.69) is 27.7 Å². The minimum absolute atomic E-state index is 0.0690. The summed E-state index contributed by atoms with van der Waals surface area (Å²) in [6.45, 7) is 8.52. The normalized spacial score (nSPS) is 41.1. The maximum Gasteiger partial charge on any atom is 0.0700 e. The van der Waals surface area contributed by atoms with E-state index in [0.717, 1.165) is 18.8 Å². The molecule has 0 aromatic heterocycles. The second kappa shape index (κ2) is 1.97. The van der Waals surface area contributed by atoms with Crippen molar-refractivity contribution in [2.75, 3.05) is 0 Å². The second-order valence-corrected chi connectivity index (χ2v) is 4.80. The first-order valence-electron chi connectivity index (χ1n) is 4.07. The van der Waals surface area contributed by atoms with Crippen molar-refractivity contribution in [3.8, 4) is 0 Å². The van der Waals surface area contributed by atoms with Gasteiger partial charge in [-0.3, -0.25) is 0 Å². The van der Waals surface area contributed by atoms with Crippen LogP contribution in [0.1, 0.15) is 40.5 Å². The molecule has 1 saturated carbocycles. The highest BCUT2D eigenvalue weighted by molar-refractivity contribution is 5.00. The zero-order chi connectivity index (χ0) is 7.99. The smallest absolute Gasteiger partial charge is 0.0700 e. The molecule has 1 aliphatic rings. The van der Waals surface area contributed by atoms with Crippen molar-refractivity contribution >= 4 is 0 Å². The van der Waals surface area contributed by atoms with Gasteiger partial charge in [-0.15, -0.1) is 0 Å². The van der Waals surface area contributed by atoms with Crippen LogP contribution in [-0.2, 0) is 0 Å². The molecule has 1 fully saturated rings. The van der Waals surface area contributed by atoms with Gasteiger partial charge in [0.1, 0.15) is 0 Å². The number of hydrogen-bond donors (Lipinski definition) is 1. The zero-order valence-corrected chi connectivity index (χ0v) is 7.44. The zero-order valence-electron chi connectivity index (χ0n) is 7.44. The molecular formula is C9H18O. The highest BCUT2D eigenvalue weighted by Crippen LogP contribution is 2.48. The minimum atomic E-state index is -0.369. The molecule has 1 heteroatoms. The van der Waals surface area contributed by atoms with E-state index in [-0.39, 0.29) is 11.0 Å². The largest absolute Gasteiger partial charge is 0.389 e. The summed E-state index contributed by atoms with van der Waals surface area (Å²) >= 11 is 0. The predicted molar refractivity (Wildman–Crippen MR) is 42.8 cm³/mol. The Bertz CT molecular complexity index is 126. The summed E-state index contributed by atoms with van der Waals surface area (Å²) in [7, 11) is 0. The van der Waals surface area contributed by atoms with Crippen molar-refractivity contribution in [3.63, 3.8) is 0 Å². The standard InChI is InChI=1S/C9H18O/c1-7-5-9(10,6-7)8(2,3)4/h7,10H,5-6H2,1-4H3. The molecule has 1 rings (SSSR count). The summed E-state index contributed by atoms with van der Waals surface area (Å²) in [4.78, 5) is 0. The molecule has 0 saturated heterocycles. The first kappa shape index (κ1) is 8.06. The second-order valence-electron chi connectivity index (χ2n) is 4.80. The topological polar surface area (TPSA) is 20.2 Å². The summed E-state index contributed by atoms with van der Waals surface area (Å²) in [5.41, 5.74) is -0.300. The van der Waals surface area contributed by atoms with Crippen molar-refractivity contribution < 1.29 is 5.11 Å². The van der Waals surface area contributed by atoms with Gasteiger partial charge in [0.15, 0.2) is 0 Å². The van der Waals surface area contributed by atoms with Crippen LogP contribution in [0, 0.1) is 11.3 Å². The quantitative estimate of drug-likeness (QED) is 0.549. The van der Waals surface area contributed by atoms with Gasteiger partial charge < -0.3 is 5.11 Å². The molecule has 0 spiro atoms. The van der Waals surface area contributed by atoms with Crippen LogP contribution in [0.15, 0.2) is 0 Å². The summed E-state index contributed by atoms with van der Waals surface area (Å²) in [6, 6.07) is 0. The average molecular weight is 142 g/mol. The van der Waals surface area contributed by atoms with Gasteiger partial charge >= 0.3 is 0 Å². The lowest BCUT2D eigenvalue weighted by Crippen LogP contribution is -2.52. The molecule has 0 aliphatic heterocycles. The first-order valence-corrected chi connectivity index (χ1v) is 4.07. The molecule has 0 amide bonds. The summed E-state index contributed by atoms with van der Waals surface area (Å²) in [5.74, 6) is 0.726. The summed E-state index contributed by atoms with van der Waals surface area (Å²) < 4.78 is 0. The van der Waals surface area contributed by atoms with Crippen LogP contribution < -0.4 is 0 Å². The van der Waals surface area contributed by atoms with Crippen LogP contribution in [0.25, 0.3) is 0 Å². The molecule has 0 bridgehead atoms. The SMILES string of the molecule is CC1CC(O)(C(C)(C)C)C1.